The van der Waals surface area contributed by atoms with Crippen LogP contribution < -0.4 is 4.74 Å². The van der Waals surface area contributed by atoms with E-state index in [1.54, 1.807) is 35.1 Å². The fourth-order valence-electron chi connectivity index (χ4n) is 2.75. The molecule has 0 fully saturated rings. The van der Waals surface area contributed by atoms with Gasteiger partial charge in [0.05, 0.1) is 11.3 Å². The molecule has 2 aromatic carbocycles. The van der Waals surface area contributed by atoms with Gasteiger partial charge in [-0.1, -0.05) is 28.1 Å². The van der Waals surface area contributed by atoms with Crippen molar-refractivity contribution in [1.82, 2.24) is 9.78 Å². The summed E-state index contributed by atoms with van der Waals surface area (Å²) in [4.78, 5) is 11.8. The molecule has 9 heteroatoms. The maximum atomic E-state index is 13.0. The topological polar surface area (TPSA) is 64.3 Å². The first-order chi connectivity index (χ1) is 13.7. The molecule has 1 heterocycles. The number of aromatic nitrogens is 2. The summed E-state index contributed by atoms with van der Waals surface area (Å²) in [5.41, 5.74) is 0.0176. The Hall–Kier alpha value is -2.81. The fourth-order valence-corrected chi connectivity index (χ4v) is 3.11. The van der Waals surface area contributed by atoms with Crippen LogP contribution in [0.25, 0.3) is 11.3 Å². The maximum absolute atomic E-state index is 13.0. The van der Waals surface area contributed by atoms with Crippen LogP contribution in [0.2, 0.25) is 0 Å². The Morgan fingerprint density at radius 2 is 2.00 bits per heavy atom. The van der Waals surface area contributed by atoms with Crippen LogP contribution in [-0.2, 0) is 17.5 Å². The standard InChI is InChI=1S/C20H16BrF3N2O3/c1-2-26-9-8-16(25-26)15-11-14(21)6-7-17(15)29-18(19(27)28)12-4-3-5-13(10-12)20(22,23)24/h3-11,18H,2H2,1H3,(H,27,28). The minimum absolute atomic E-state index is 0.111. The second kappa shape index (κ2) is 8.28. The number of carbonyl (C=O) groups is 1. The lowest BCUT2D eigenvalue weighted by Gasteiger charge is -2.19. The molecule has 1 aromatic heterocycles. The van der Waals surface area contributed by atoms with Gasteiger partial charge >= 0.3 is 12.1 Å². The predicted molar refractivity (Wildman–Crippen MR) is 103 cm³/mol. The number of carboxylic acids is 1. The highest BCUT2D eigenvalue weighted by Crippen LogP contribution is 2.36. The van der Waals surface area contributed by atoms with Crippen molar-refractivity contribution in [2.24, 2.45) is 0 Å². The molecule has 5 nitrogen and oxygen atoms in total. The van der Waals surface area contributed by atoms with Gasteiger partial charge in [-0.05, 0) is 43.3 Å². The largest absolute Gasteiger partial charge is 0.478 e. The quantitative estimate of drug-likeness (QED) is 0.514. The number of rotatable bonds is 6. The Morgan fingerprint density at radius 3 is 2.62 bits per heavy atom. The zero-order chi connectivity index (χ0) is 21.2. The van der Waals surface area contributed by atoms with Gasteiger partial charge < -0.3 is 9.84 Å². The Balaban J connectivity index is 2.01. The average Bonchev–Trinajstić information content (AvgIpc) is 3.15. The Labute approximate surface area is 172 Å². The maximum Gasteiger partial charge on any atom is 0.416 e. The molecule has 0 saturated carbocycles. The molecule has 3 aromatic rings. The summed E-state index contributed by atoms with van der Waals surface area (Å²) in [7, 11) is 0. The molecule has 0 amide bonds. The highest BCUT2D eigenvalue weighted by atomic mass is 79.9. The van der Waals surface area contributed by atoms with Gasteiger partial charge in [0.2, 0.25) is 6.10 Å². The van der Waals surface area contributed by atoms with Crippen molar-refractivity contribution < 1.29 is 27.8 Å². The van der Waals surface area contributed by atoms with Crippen LogP contribution in [0, 0.1) is 0 Å². The van der Waals surface area contributed by atoms with Crippen molar-refractivity contribution in [3.63, 3.8) is 0 Å². The third-order valence-electron chi connectivity index (χ3n) is 4.17. The number of nitrogens with zero attached hydrogens (tertiary/aromatic N) is 2. The van der Waals surface area contributed by atoms with Crippen molar-refractivity contribution in [2.45, 2.75) is 25.7 Å². The summed E-state index contributed by atoms with van der Waals surface area (Å²) in [6.45, 7) is 2.56. The number of halogens is 4. The van der Waals surface area contributed by atoms with Crippen LogP contribution in [0.5, 0.6) is 5.75 Å². The first-order valence-corrected chi connectivity index (χ1v) is 9.38. The predicted octanol–water partition coefficient (Wildman–Crippen LogP) is 5.56. The second-order valence-electron chi connectivity index (χ2n) is 6.16. The van der Waals surface area contributed by atoms with Crippen molar-refractivity contribution in [1.29, 1.82) is 0 Å². The monoisotopic (exact) mass is 468 g/mol. The summed E-state index contributed by atoms with van der Waals surface area (Å²) in [6.07, 6.45) is -4.44. The molecule has 0 aliphatic heterocycles. The average molecular weight is 469 g/mol. The van der Waals surface area contributed by atoms with E-state index in [0.717, 1.165) is 22.7 Å². The molecule has 0 aliphatic carbocycles. The molecule has 0 spiro atoms. The van der Waals surface area contributed by atoms with Crippen molar-refractivity contribution in [3.8, 4) is 17.0 Å². The minimum Gasteiger partial charge on any atom is -0.478 e. The number of hydrogen-bond acceptors (Lipinski definition) is 3. The Bertz CT molecular complexity index is 1030. The van der Waals surface area contributed by atoms with Gasteiger partial charge in [0.25, 0.3) is 0 Å². The highest BCUT2D eigenvalue weighted by molar-refractivity contribution is 9.10. The summed E-state index contributed by atoms with van der Waals surface area (Å²) in [6, 6.07) is 10.8. The molecule has 0 bridgehead atoms. The number of benzene rings is 2. The zero-order valence-corrected chi connectivity index (χ0v) is 16.7. The molecule has 3 rings (SSSR count). The summed E-state index contributed by atoms with van der Waals surface area (Å²) in [5, 5.41) is 14.0. The van der Waals surface area contributed by atoms with E-state index in [1.807, 2.05) is 6.92 Å². The smallest absolute Gasteiger partial charge is 0.416 e. The molecular formula is C20H16BrF3N2O3. The third-order valence-corrected chi connectivity index (χ3v) is 4.66. The van der Waals surface area contributed by atoms with Crippen LogP contribution in [0.3, 0.4) is 0 Å². The van der Waals surface area contributed by atoms with Crippen LogP contribution in [-0.4, -0.2) is 20.9 Å². The summed E-state index contributed by atoms with van der Waals surface area (Å²) < 4.78 is 47.2. The van der Waals surface area contributed by atoms with Gasteiger partial charge in [-0.25, -0.2) is 4.79 Å². The van der Waals surface area contributed by atoms with Gasteiger partial charge in [-0.3, -0.25) is 4.68 Å². The minimum atomic E-state index is -4.59. The summed E-state index contributed by atoms with van der Waals surface area (Å²) in [5.74, 6) is -1.21. The van der Waals surface area contributed by atoms with E-state index in [1.165, 1.54) is 6.07 Å². The number of hydrogen-bond donors (Lipinski definition) is 1. The van der Waals surface area contributed by atoms with Crippen molar-refractivity contribution in [2.75, 3.05) is 0 Å². The summed E-state index contributed by atoms with van der Waals surface area (Å²) >= 11 is 3.36. The van der Waals surface area contributed by atoms with E-state index in [0.29, 0.717) is 17.8 Å². The Kier molecular flexibility index (Phi) is 5.97. The van der Waals surface area contributed by atoms with E-state index in [2.05, 4.69) is 21.0 Å². The van der Waals surface area contributed by atoms with Gasteiger partial charge in [0.1, 0.15) is 5.75 Å². The molecule has 0 aliphatic rings. The van der Waals surface area contributed by atoms with Crippen LogP contribution >= 0.6 is 15.9 Å². The second-order valence-corrected chi connectivity index (χ2v) is 7.07. The first kappa shape index (κ1) is 20.9. The molecular weight excluding hydrogens is 453 g/mol. The van der Waals surface area contributed by atoms with Gasteiger partial charge in [-0.2, -0.15) is 18.3 Å². The van der Waals surface area contributed by atoms with Crippen molar-refractivity contribution in [3.05, 3.63) is 70.3 Å². The number of aliphatic carboxylic acids is 1. The zero-order valence-electron chi connectivity index (χ0n) is 15.2. The molecule has 1 atom stereocenters. The van der Waals surface area contributed by atoms with Crippen LogP contribution in [0.15, 0.2) is 59.2 Å². The lowest BCUT2D eigenvalue weighted by molar-refractivity contribution is -0.146. The number of carboxylic acid groups (broad SMARTS) is 1. The van der Waals surface area contributed by atoms with Gasteiger partial charge in [0, 0.05) is 28.3 Å². The first-order valence-electron chi connectivity index (χ1n) is 8.59. The molecule has 0 saturated heterocycles. The van der Waals surface area contributed by atoms with Crippen LogP contribution in [0.1, 0.15) is 24.2 Å². The lowest BCUT2D eigenvalue weighted by Crippen LogP contribution is -2.19. The van der Waals surface area contributed by atoms with Crippen LogP contribution in [0.4, 0.5) is 13.2 Å². The third kappa shape index (κ3) is 4.79. The van der Waals surface area contributed by atoms with E-state index >= 15 is 0 Å². The lowest BCUT2D eigenvalue weighted by atomic mass is 10.0. The molecule has 0 radical (unpaired) electrons. The number of ether oxygens (including phenoxy) is 1. The van der Waals surface area contributed by atoms with E-state index in [9.17, 15) is 23.1 Å². The van der Waals surface area contributed by atoms with E-state index in [-0.39, 0.29) is 11.3 Å². The molecule has 1 unspecified atom stereocenters. The van der Waals surface area contributed by atoms with E-state index < -0.39 is 23.8 Å². The van der Waals surface area contributed by atoms with E-state index in [4.69, 9.17) is 4.74 Å². The molecule has 1 N–H and O–H groups in total. The fraction of sp³-hybridized carbons (Fsp3) is 0.200. The number of alkyl halides is 3. The number of aryl methyl sites for hydroxylation is 1. The van der Waals surface area contributed by atoms with Gasteiger partial charge in [-0.15, -0.1) is 0 Å². The van der Waals surface area contributed by atoms with Gasteiger partial charge in [0.15, 0.2) is 0 Å². The van der Waals surface area contributed by atoms with Crippen molar-refractivity contribution >= 4 is 21.9 Å². The molecule has 29 heavy (non-hydrogen) atoms. The SMILES string of the molecule is CCn1ccc(-c2cc(Br)ccc2OC(C(=O)O)c2cccc(C(F)(F)F)c2)n1. The highest BCUT2D eigenvalue weighted by Gasteiger charge is 2.32. The molecule has 152 valence electrons. The normalized spacial score (nSPS) is 12.6. The Morgan fingerprint density at radius 1 is 1.24 bits per heavy atom.